The number of amides is 1. The van der Waals surface area contributed by atoms with Gasteiger partial charge in [-0.1, -0.05) is 91.7 Å². The van der Waals surface area contributed by atoms with Gasteiger partial charge in [-0.2, -0.15) is 0 Å². The summed E-state index contributed by atoms with van der Waals surface area (Å²) in [7, 11) is 0. The molecule has 0 saturated carbocycles. The monoisotopic (exact) mass is 475 g/mol. The number of thiocarbonyl (C=S) groups is 1. The van der Waals surface area contributed by atoms with E-state index in [0.29, 0.717) is 34.1 Å². The molecule has 3 rings (SSSR count). The zero-order valence-electron chi connectivity index (χ0n) is 16.9. The number of unbranched alkanes of at least 4 members (excludes halogenated alkanes) is 1. The number of aliphatic carboxylic acids is 1. The SMILES string of the molecule is CCCC[C@H](C(=O)O)N1C(=O)/C(=C/c2ccccc2OCc2ccccc2Cl)SC1=S. The molecule has 2 aromatic rings. The predicted octanol–water partition coefficient (Wildman–Crippen LogP) is 5.76. The van der Waals surface area contributed by atoms with Gasteiger partial charge in [0.1, 0.15) is 22.7 Å². The minimum Gasteiger partial charge on any atom is -0.488 e. The molecule has 1 aliphatic heterocycles. The van der Waals surface area contributed by atoms with Crippen molar-refractivity contribution in [3.63, 3.8) is 0 Å². The Morgan fingerprint density at radius 1 is 1.26 bits per heavy atom. The van der Waals surface area contributed by atoms with Crippen molar-refractivity contribution in [1.29, 1.82) is 0 Å². The maximum Gasteiger partial charge on any atom is 0.326 e. The molecule has 1 aliphatic rings. The molecule has 5 nitrogen and oxygen atoms in total. The molecule has 0 aromatic heterocycles. The van der Waals surface area contributed by atoms with Gasteiger partial charge in [0.2, 0.25) is 0 Å². The van der Waals surface area contributed by atoms with Gasteiger partial charge in [-0.3, -0.25) is 9.69 Å². The van der Waals surface area contributed by atoms with Crippen LogP contribution in [-0.2, 0) is 16.2 Å². The van der Waals surface area contributed by atoms with Crippen LogP contribution in [-0.4, -0.2) is 32.2 Å². The minimum absolute atomic E-state index is 0.259. The highest BCUT2D eigenvalue weighted by Gasteiger charge is 2.40. The third kappa shape index (κ3) is 5.67. The van der Waals surface area contributed by atoms with Crippen LogP contribution in [0.3, 0.4) is 0 Å². The first-order valence-corrected chi connectivity index (χ1v) is 11.5. The van der Waals surface area contributed by atoms with Crippen LogP contribution < -0.4 is 4.74 Å². The number of rotatable bonds is 9. The number of nitrogens with zero attached hydrogens (tertiary/aromatic N) is 1. The summed E-state index contributed by atoms with van der Waals surface area (Å²) in [4.78, 5) is 26.3. The molecule has 1 fully saturated rings. The first-order chi connectivity index (χ1) is 14.9. The van der Waals surface area contributed by atoms with Crippen molar-refractivity contribution in [2.24, 2.45) is 0 Å². The second-order valence-corrected chi connectivity index (χ2v) is 9.05. The molecular weight excluding hydrogens is 454 g/mol. The summed E-state index contributed by atoms with van der Waals surface area (Å²) < 4.78 is 6.21. The molecule has 0 radical (unpaired) electrons. The van der Waals surface area contributed by atoms with E-state index in [1.807, 2.05) is 49.4 Å². The van der Waals surface area contributed by atoms with Crippen molar-refractivity contribution >= 4 is 57.9 Å². The number of ether oxygens (including phenoxy) is 1. The normalized spacial score (nSPS) is 16.1. The number of para-hydroxylation sites is 1. The van der Waals surface area contributed by atoms with Gasteiger partial charge in [-0.15, -0.1) is 0 Å². The molecule has 0 unspecified atom stereocenters. The van der Waals surface area contributed by atoms with E-state index in [9.17, 15) is 14.7 Å². The largest absolute Gasteiger partial charge is 0.488 e. The van der Waals surface area contributed by atoms with E-state index in [4.69, 9.17) is 28.6 Å². The van der Waals surface area contributed by atoms with Crippen molar-refractivity contribution in [2.75, 3.05) is 0 Å². The second-order valence-electron chi connectivity index (χ2n) is 6.97. The first-order valence-electron chi connectivity index (χ1n) is 9.87. The molecule has 1 saturated heterocycles. The highest BCUT2D eigenvalue weighted by atomic mass is 35.5. The Morgan fingerprint density at radius 3 is 2.68 bits per heavy atom. The van der Waals surface area contributed by atoms with E-state index in [-0.39, 0.29) is 16.8 Å². The van der Waals surface area contributed by atoms with Crippen LogP contribution in [0.25, 0.3) is 6.08 Å². The van der Waals surface area contributed by atoms with Crippen LogP contribution in [0.4, 0.5) is 0 Å². The molecule has 2 aromatic carbocycles. The standard InChI is InChI=1S/C23H22ClNO4S2/c1-2-3-11-18(22(27)28)25-21(26)20(31-23(25)30)13-15-8-5-7-12-19(15)29-14-16-9-4-6-10-17(16)24/h4-10,12-13,18H,2-3,11,14H2,1H3,(H,27,28)/b20-13-/t18-/m1/s1. The van der Waals surface area contributed by atoms with Gasteiger partial charge in [-0.05, 0) is 24.6 Å². The summed E-state index contributed by atoms with van der Waals surface area (Å²) >= 11 is 12.6. The van der Waals surface area contributed by atoms with Crippen LogP contribution in [0.5, 0.6) is 5.75 Å². The van der Waals surface area contributed by atoms with E-state index >= 15 is 0 Å². The maximum atomic E-state index is 13.0. The van der Waals surface area contributed by atoms with Crippen LogP contribution in [0.15, 0.2) is 53.4 Å². The van der Waals surface area contributed by atoms with Crippen LogP contribution in [0.2, 0.25) is 5.02 Å². The second kappa shape index (κ2) is 10.8. The summed E-state index contributed by atoms with van der Waals surface area (Å²) in [5.74, 6) is -0.845. The number of hydrogen-bond donors (Lipinski definition) is 1. The van der Waals surface area contributed by atoms with Gasteiger partial charge in [0.05, 0.1) is 4.91 Å². The lowest BCUT2D eigenvalue weighted by Gasteiger charge is -2.22. The number of carboxylic acid groups (broad SMARTS) is 1. The zero-order chi connectivity index (χ0) is 22.4. The highest BCUT2D eigenvalue weighted by Crippen LogP contribution is 2.36. The maximum absolute atomic E-state index is 13.0. The number of carboxylic acids is 1. The van der Waals surface area contributed by atoms with E-state index in [1.54, 1.807) is 12.1 Å². The average molecular weight is 476 g/mol. The van der Waals surface area contributed by atoms with Crippen molar-refractivity contribution < 1.29 is 19.4 Å². The van der Waals surface area contributed by atoms with Gasteiger partial charge in [0.25, 0.3) is 5.91 Å². The van der Waals surface area contributed by atoms with Gasteiger partial charge in [0.15, 0.2) is 0 Å². The summed E-state index contributed by atoms with van der Waals surface area (Å²) in [6.07, 6.45) is 3.60. The summed E-state index contributed by atoms with van der Waals surface area (Å²) in [5, 5.41) is 10.2. The first kappa shape index (κ1) is 23.3. The molecule has 0 aliphatic carbocycles. The van der Waals surface area contributed by atoms with Crippen LogP contribution >= 0.6 is 35.6 Å². The molecular formula is C23H22ClNO4S2. The molecule has 31 heavy (non-hydrogen) atoms. The Labute approximate surface area is 196 Å². The number of thioether (sulfide) groups is 1. The number of carbonyl (C=O) groups is 2. The number of benzene rings is 2. The molecule has 1 atom stereocenters. The van der Waals surface area contributed by atoms with E-state index in [2.05, 4.69) is 0 Å². The molecule has 162 valence electrons. The van der Waals surface area contributed by atoms with Gasteiger partial charge >= 0.3 is 5.97 Å². The van der Waals surface area contributed by atoms with E-state index in [0.717, 1.165) is 23.7 Å². The highest BCUT2D eigenvalue weighted by molar-refractivity contribution is 8.26. The minimum atomic E-state index is -1.05. The van der Waals surface area contributed by atoms with Crippen LogP contribution in [0.1, 0.15) is 37.3 Å². The predicted molar refractivity (Wildman–Crippen MR) is 128 cm³/mol. The lowest BCUT2D eigenvalue weighted by molar-refractivity contribution is -0.145. The summed E-state index contributed by atoms with van der Waals surface area (Å²) in [5.41, 5.74) is 1.56. The Morgan fingerprint density at radius 2 is 1.97 bits per heavy atom. The van der Waals surface area contributed by atoms with Gasteiger partial charge < -0.3 is 9.84 Å². The summed E-state index contributed by atoms with van der Waals surface area (Å²) in [6, 6.07) is 13.8. The average Bonchev–Trinajstić information content (AvgIpc) is 3.02. The van der Waals surface area contributed by atoms with Gasteiger partial charge in [-0.25, -0.2) is 4.79 Å². The third-order valence-electron chi connectivity index (χ3n) is 4.80. The zero-order valence-corrected chi connectivity index (χ0v) is 19.3. The fourth-order valence-corrected chi connectivity index (χ4v) is 4.69. The quantitative estimate of drug-likeness (QED) is 0.367. The molecule has 1 heterocycles. The lowest BCUT2D eigenvalue weighted by atomic mass is 10.1. The van der Waals surface area contributed by atoms with Gasteiger partial charge in [0, 0.05) is 16.1 Å². The van der Waals surface area contributed by atoms with Crippen molar-refractivity contribution in [3.8, 4) is 5.75 Å². The number of carbonyl (C=O) groups excluding carboxylic acids is 1. The van der Waals surface area contributed by atoms with Crippen molar-refractivity contribution in [1.82, 2.24) is 4.90 Å². The smallest absolute Gasteiger partial charge is 0.326 e. The number of hydrogen-bond acceptors (Lipinski definition) is 5. The Hall–Kier alpha value is -2.35. The summed E-state index contributed by atoms with van der Waals surface area (Å²) in [6.45, 7) is 2.26. The fraction of sp³-hybridized carbons (Fsp3) is 0.261. The van der Waals surface area contributed by atoms with E-state index < -0.39 is 12.0 Å². The van der Waals surface area contributed by atoms with Crippen LogP contribution in [0, 0.1) is 0 Å². The van der Waals surface area contributed by atoms with Crippen molar-refractivity contribution in [2.45, 2.75) is 38.8 Å². The molecule has 1 amide bonds. The van der Waals surface area contributed by atoms with E-state index in [1.165, 1.54) is 4.90 Å². The fourth-order valence-electron chi connectivity index (χ4n) is 3.15. The topological polar surface area (TPSA) is 66.8 Å². The lowest BCUT2D eigenvalue weighted by Crippen LogP contribution is -2.43. The Bertz CT molecular complexity index is 1020. The Kier molecular flexibility index (Phi) is 8.12. The third-order valence-corrected chi connectivity index (χ3v) is 6.50. The molecule has 0 spiro atoms. The molecule has 8 heteroatoms. The molecule has 0 bridgehead atoms. The Balaban J connectivity index is 1.82. The number of halogens is 1. The molecule has 1 N–H and O–H groups in total. The van der Waals surface area contributed by atoms with Crippen molar-refractivity contribution in [3.05, 3.63) is 69.6 Å².